The van der Waals surface area contributed by atoms with Crippen LogP contribution in [0.1, 0.15) is 13.8 Å². The summed E-state index contributed by atoms with van der Waals surface area (Å²) in [5.74, 6) is -0.649. The summed E-state index contributed by atoms with van der Waals surface area (Å²) in [6.45, 7) is 3.99. The topological polar surface area (TPSA) is 40.0 Å². The molecule has 0 amide bonds. The Kier molecular flexibility index (Phi) is 1.04. The minimum atomic E-state index is -0.649. The predicted octanol–water partition coefficient (Wildman–Crippen LogP) is 0.482. The highest BCUT2D eigenvalue weighted by Gasteiger charge is 2.50. The van der Waals surface area contributed by atoms with Crippen LogP contribution in [-0.2, 0) is 14.3 Å². The van der Waals surface area contributed by atoms with Gasteiger partial charge in [0.25, 0.3) is 5.79 Å². The highest BCUT2D eigenvalue weighted by atomic mass is 16.9. The molecule has 2 rings (SSSR count). The lowest BCUT2D eigenvalue weighted by Gasteiger charge is -2.16. The smallest absolute Gasteiger partial charge is 0.268 e. The summed E-state index contributed by atoms with van der Waals surface area (Å²) < 4.78 is 10.4. The van der Waals surface area contributed by atoms with Crippen LogP contribution in [0.2, 0.25) is 0 Å². The highest BCUT2D eigenvalue weighted by Crippen LogP contribution is 2.32. The highest BCUT2D eigenvalue weighted by molar-refractivity contribution is 5.88. The molecular formula is C6H9NO3. The van der Waals surface area contributed by atoms with Crippen molar-refractivity contribution >= 4 is 5.71 Å². The van der Waals surface area contributed by atoms with E-state index in [9.17, 15) is 0 Å². The Morgan fingerprint density at radius 1 is 1.70 bits per heavy atom. The number of rotatable bonds is 0. The second kappa shape index (κ2) is 1.71. The monoisotopic (exact) mass is 143 g/mol. The molecule has 1 unspecified atom stereocenters. The number of oxime groups is 1. The zero-order valence-electron chi connectivity index (χ0n) is 5.96. The average molecular weight is 143 g/mol. The van der Waals surface area contributed by atoms with Crippen molar-refractivity contribution in [3.05, 3.63) is 0 Å². The summed E-state index contributed by atoms with van der Waals surface area (Å²) in [6, 6.07) is 0. The zero-order chi connectivity index (χ0) is 7.19. The standard InChI is InChI=1S/C6H9NO3/c1-4-5-6(2,10-7-4)9-3-8-5/h5H,3H2,1-2H3/t5?,6-/m0/s1. The first-order valence-electron chi connectivity index (χ1n) is 3.20. The van der Waals surface area contributed by atoms with Crippen LogP contribution in [-0.4, -0.2) is 24.4 Å². The van der Waals surface area contributed by atoms with E-state index in [1.807, 2.05) is 13.8 Å². The fourth-order valence-electron chi connectivity index (χ4n) is 1.23. The van der Waals surface area contributed by atoms with Crippen LogP contribution >= 0.6 is 0 Å². The third-order valence-corrected chi connectivity index (χ3v) is 1.81. The van der Waals surface area contributed by atoms with Gasteiger partial charge in [-0.1, -0.05) is 5.16 Å². The number of fused-ring (bicyclic) bond motifs is 1. The Bertz CT molecular complexity index is 191. The van der Waals surface area contributed by atoms with Gasteiger partial charge in [-0.25, -0.2) is 0 Å². The Hall–Kier alpha value is -0.610. The van der Waals surface area contributed by atoms with Crippen LogP contribution < -0.4 is 0 Å². The number of hydrogen-bond donors (Lipinski definition) is 0. The predicted molar refractivity (Wildman–Crippen MR) is 33.4 cm³/mol. The van der Waals surface area contributed by atoms with Crippen molar-refractivity contribution in [2.45, 2.75) is 25.7 Å². The van der Waals surface area contributed by atoms with Crippen LogP contribution in [0.4, 0.5) is 0 Å². The van der Waals surface area contributed by atoms with Crippen LogP contribution in [0.25, 0.3) is 0 Å². The van der Waals surface area contributed by atoms with Crippen molar-refractivity contribution in [1.82, 2.24) is 0 Å². The molecule has 0 bridgehead atoms. The van der Waals surface area contributed by atoms with Gasteiger partial charge in [-0.15, -0.1) is 0 Å². The van der Waals surface area contributed by atoms with Gasteiger partial charge >= 0.3 is 0 Å². The Labute approximate surface area is 58.7 Å². The summed E-state index contributed by atoms with van der Waals surface area (Å²) in [5, 5.41) is 3.76. The van der Waals surface area contributed by atoms with Crippen molar-refractivity contribution in [2.75, 3.05) is 6.79 Å². The summed E-state index contributed by atoms with van der Waals surface area (Å²) in [6.07, 6.45) is -0.104. The third-order valence-electron chi connectivity index (χ3n) is 1.81. The summed E-state index contributed by atoms with van der Waals surface area (Å²) in [5.41, 5.74) is 0.847. The molecule has 10 heavy (non-hydrogen) atoms. The fraction of sp³-hybridized carbons (Fsp3) is 0.833. The normalized spacial score (nSPS) is 44.6. The minimum Gasteiger partial charge on any atom is -0.357 e. The Morgan fingerprint density at radius 2 is 2.50 bits per heavy atom. The number of ether oxygens (including phenoxy) is 2. The van der Waals surface area contributed by atoms with Gasteiger partial charge in [-0.2, -0.15) is 0 Å². The van der Waals surface area contributed by atoms with Crippen molar-refractivity contribution < 1.29 is 14.3 Å². The summed E-state index contributed by atoms with van der Waals surface area (Å²) >= 11 is 0. The van der Waals surface area contributed by atoms with E-state index < -0.39 is 5.79 Å². The van der Waals surface area contributed by atoms with Crippen molar-refractivity contribution in [1.29, 1.82) is 0 Å². The second-order valence-corrected chi connectivity index (χ2v) is 2.65. The van der Waals surface area contributed by atoms with Gasteiger partial charge in [0, 0.05) is 6.92 Å². The third kappa shape index (κ3) is 0.602. The summed E-state index contributed by atoms with van der Waals surface area (Å²) in [4.78, 5) is 5.02. The van der Waals surface area contributed by atoms with E-state index in [4.69, 9.17) is 14.3 Å². The SMILES string of the molecule is CC1=NO[C@]2(C)OCOC12. The van der Waals surface area contributed by atoms with Crippen molar-refractivity contribution in [2.24, 2.45) is 5.16 Å². The van der Waals surface area contributed by atoms with E-state index in [1.165, 1.54) is 0 Å². The maximum Gasteiger partial charge on any atom is 0.268 e. The van der Waals surface area contributed by atoms with Gasteiger partial charge in [-0.3, -0.25) is 0 Å². The molecule has 4 heteroatoms. The van der Waals surface area contributed by atoms with Gasteiger partial charge in [0.15, 0.2) is 12.9 Å². The molecule has 1 saturated heterocycles. The lowest BCUT2D eigenvalue weighted by Crippen LogP contribution is -2.36. The molecule has 0 aromatic rings. The Balaban J connectivity index is 2.27. The van der Waals surface area contributed by atoms with E-state index >= 15 is 0 Å². The molecule has 0 aliphatic carbocycles. The van der Waals surface area contributed by atoms with Gasteiger partial charge in [-0.05, 0) is 6.92 Å². The molecule has 0 N–H and O–H groups in total. The van der Waals surface area contributed by atoms with Crippen molar-refractivity contribution in [3.8, 4) is 0 Å². The van der Waals surface area contributed by atoms with Gasteiger partial charge in [0.1, 0.15) is 0 Å². The molecule has 2 aliphatic heterocycles. The molecule has 0 radical (unpaired) electrons. The molecule has 2 atom stereocenters. The molecule has 0 saturated carbocycles. The Morgan fingerprint density at radius 3 is 3.20 bits per heavy atom. The first-order valence-corrected chi connectivity index (χ1v) is 3.20. The van der Waals surface area contributed by atoms with E-state index in [-0.39, 0.29) is 6.10 Å². The molecule has 1 fully saturated rings. The number of hydrogen-bond acceptors (Lipinski definition) is 4. The molecule has 2 heterocycles. The lowest BCUT2D eigenvalue weighted by molar-refractivity contribution is -0.185. The van der Waals surface area contributed by atoms with Gasteiger partial charge in [0.2, 0.25) is 0 Å². The molecule has 0 aromatic heterocycles. The zero-order valence-corrected chi connectivity index (χ0v) is 5.96. The lowest BCUT2D eigenvalue weighted by atomic mass is 10.1. The van der Waals surface area contributed by atoms with E-state index in [1.54, 1.807) is 0 Å². The van der Waals surface area contributed by atoms with E-state index in [2.05, 4.69) is 5.16 Å². The maximum absolute atomic E-state index is 5.21. The molecule has 0 aromatic carbocycles. The van der Waals surface area contributed by atoms with Crippen LogP contribution in [0.15, 0.2) is 5.16 Å². The quantitative estimate of drug-likeness (QED) is 0.495. The van der Waals surface area contributed by atoms with Crippen LogP contribution in [0.3, 0.4) is 0 Å². The van der Waals surface area contributed by atoms with Crippen molar-refractivity contribution in [3.63, 3.8) is 0 Å². The van der Waals surface area contributed by atoms with E-state index in [0.717, 1.165) is 5.71 Å². The average Bonchev–Trinajstić information content (AvgIpc) is 2.35. The van der Waals surface area contributed by atoms with Gasteiger partial charge < -0.3 is 14.3 Å². The summed E-state index contributed by atoms with van der Waals surface area (Å²) in [7, 11) is 0. The maximum atomic E-state index is 5.21. The molecular weight excluding hydrogens is 134 g/mol. The largest absolute Gasteiger partial charge is 0.357 e. The number of nitrogens with zero attached hydrogens (tertiary/aromatic N) is 1. The first-order chi connectivity index (χ1) is 4.72. The second-order valence-electron chi connectivity index (χ2n) is 2.65. The minimum absolute atomic E-state index is 0.104. The van der Waals surface area contributed by atoms with Crippen LogP contribution in [0.5, 0.6) is 0 Å². The fourth-order valence-corrected chi connectivity index (χ4v) is 1.23. The first kappa shape index (κ1) is 6.12. The molecule has 4 nitrogen and oxygen atoms in total. The molecule has 56 valence electrons. The molecule has 2 aliphatic rings. The van der Waals surface area contributed by atoms with Crippen LogP contribution in [0, 0.1) is 0 Å². The van der Waals surface area contributed by atoms with E-state index in [0.29, 0.717) is 6.79 Å². The molecule has 0 spiro atoms. The van der Waals surface area contributed by atoms with Gasteiger partial charge in [0.05, 0.1) is 5.71 Å².